The van der Waals surface area contributed by atoms with Crippen LogP contribution in [-0.4, -0.2) is 51.7 Å². The Kier molecular flexibility index (Phi) is 6.95. The quantitative estimate of drug-likeness (QED) is 0.572. The van der Waals surface area contributed by atoms with Gasteiger partial charge in [-0.15, -0.1) is 0 Å². The second-order valence-electron chi connectivity index (χ2n) is 7.67. The standard InChI is InChI=1S/C23H31N5/c1-19-23(20(2)28(25-19)17-21-9-6-5-7-10-21)18-27(14-13-26(3)4)16-22-11-8-12-24-15-22/h5-12,15H,13-14,16-18H2,1-4H3. The third kappa shape index (κ3) is 5.50. The van der Waals surface area contributed by atoms with Crippen molar-refractivity contribution in [2.24, 2.45) is 0 Å². The summed E-state index contributed by atoms with van der Waals surface area (Å²) in [5.74, 6) is 0. The minimum Gasteiger partial charge on any atom is -0.308 e. The SMILES string of the molecule is Cc1nn(Cc2ccccc2)c(C)c1CN(CCN(C)C)Cc1cccnc1. The van der Waals surface area contributed by atoms with Crippen molar-refractivity contribution in [1.29, 1.82) is 0 Å². The zero-order chi connectivity index (χ0) is 19.9. The number of pyridine rings is 1. The molecule has 0 saturated heterocycles. The van der Waals surface area contributed by atoms with Gasteiger partial charge in [0.25, 0.3) is 0 Å². The molecule has 0 aliphatic rings. The van der Waals surface area contributed by atoms with Crippen molar-refractivity contribution in [1.82, 2.24) is 24.6 Å². The number of hydrogen-bond acceptors (Lipinski definition) is 4. The van der Waals surface area contributed by atoms with Gasteiger partial charge in [-0.25, -0.2) is 0 Å². The summed E-state index contributed by atoms with van der Waals surface area (Å²) in [6, 6.07) is 14.7. The van der Waals surface area contributed by atoms with E-state index in [9.17, 15) is 0 Å². The molecule has 0 unspecified atom stereocenters. The van der Waals surface area contributed by atoms with Gasteiger partial charge in [-0.1, -0.05) is 36.4 Å². The molecule has 5 heteroatoms. The van der Waals surface area contributed by atoms with E-state index in [2.05, 4.69) is 83.8 Å². The highest BCUT2D eigenvalue weighted by atomic mass is 15.3. The van der Waals surface area contributed by atoms with E-state index in [1.54, 1.807) is 0 Å². The number of nitrogens with zero attached hydrogens (tertiary/aromatic N) is 5. The van der Waals surface area contributed by atoms with Crippen molar-refractivity contribution in [3.63, 3.8) is 0 Å². The molecule has 3 aromatic rings. The molecule has 0 radical (unpaired) electrons. The Morgan fingerprint density at radius 2 is 1.64 bits per heavy atom. The maximum absolute atomic E-state index is 4.83. The van der Waals surface area contributed by atoms with Crippen molar-refractivity contribution in [3.05, 3.63) is 82.9 Å². The summed E-state index contributed by atoms with van der Waals surface area (Å²) in [6.07, 6.45) is 3.79. The number of aryl methyl sites for hydroxylation is 1. The minimum atomic E-state index is 0.813. The Morgan fingerprint density at radius 3 is 2.32 bits per heavy atom. The zero-order valence-electron chi connectivity index (χ0n) is 17.5. The van der Waals surface area contributed by atoms with Gasteiger partial charge in [-0.3, -0.25) is 14.6 Å². The lowest BCUT2D eigenvalue weighted by molar-refractivity contribution is 0.225. The van der Waals surface area contributed by atoms with Crippen molar-refractivity contribution in [2.75, 3.05) is 27.2 Å². The first-order valence-corrected chi connectivity index (χ1v) is 9.85. The Hall–Kier alpha value is -2.50. The van der Waals surface area contributed by atoms with Crippen LogP contribution in [0, 0.1) is 13.8 Å². The maximum Gasteiger partial charge on any atom is 0.0662 e. The summed E-state index contributed by atoms with van der Waals surface area (Å²) in [5, 5.41) is 4.83. The summed E-state index contributed by atoms with van der Waals surface area (Å²) in [7, 11) is 4.24. The van der Waals surface area contributed by atoms with Gasteiger partial charge in [0.15, 0.2) is 0 Å². The average Bonchev–Trinajstić information content (AvgIpc) is 2.95. The maximum atomic E-state index is 4.83. The Labute approximate surface area is 168 Å². The molecule has 0 spiro atoms. The number of benzene rings is 1. The summed E-state index contributed by atoms with van der Waals surface area (Å²) >= 11 is 0. The molecule has 0 bridgehead atoms. The third-order valence-electron chi connectivity index (χ3n) is 5.08. The van der Waals surface area contributed by atoms with Gasteiger partial charge in [0.05, 0.1) is 12.2 Å². The van der Waals surface area contributed by atoms with Crippen LogP contribution in [0.1, 0.15) is 28.1 Å². The van der Waals surface area contributed by atoms with E-state index >= 15 is 0 Å². The molecule has 0 saturated carbocycles. The van der Waals surface area contributed by atoms with Gasteiger partial charge < -0.3 is 4.90 Å². The van der Waals surface area contributed by atoms with Crippen LogP contribution in [0.2, 0.25) is 0 Å². The number of aromatic nitrogens is 3. The molecule has 0 aliphatic heterocycles. The number of hydrogen-bond donors (Lipinski definition) is 0. The van der Waals surface area contributed by atoms with Gasteiger partial charge in [0.2, 0.25) is 0 Å². The van der Waals surface area contributed by atoms with E-state index in [0.717, 1.165) is 38.4 Å². The zero-order valence-corrected chi connectivity index (χ0v) is 17.5. The van der Waals surface area contributed by atoms with E-state index in [0.29, 0.717) is 0 Å². The normalized spacial score (nSPS) is 11.5. The van der Waals surface area contributed by atoms with Crippen molar-refractivity contribution < 1.29 is 0 Å². The molecule has 0 amide bonds. The van der Waals surface area contributed by atoms with Crippen LogP contribution in [0.5, 0.6) is 0 Å². The van der Waals surface area contributed by atoms with Crippen LogP contribution >= 0.6 is 0 Å². The lowest BCUT2D eigenvalue weighted by atomic mass is 10.1. The van der Waals surface area contributed by atoms with Gasteiger partial charge in [0.1, 0.15) is 0 Å². The molecule has 0 atom stereocenters. The summed E-state index contributed by atoms with van der Waals surface area (Å²) in [4.78, 5) is 8.99. The highest BCUT2D eigenvalue weighted by Gasteiger charge is 2.16. The van der Waals surface area contributed by atoms with Crippen LogP contribution in [0.25, 0.3) is 0 Å². The predicted octanol–water partition coefficient (Wildman–Crippen LogP) is 3.51. The van der Waals surface area contributed by atoms with E-state index in [4.69, 9.17) is 5.10 Å². The smallest absolute Gasteiger partial charge is 0.0662 e. The van der Waals surface area contributed by atoms with E-state index in [-0.39, 0.29) is 0 Å². The fourth-order valence-corrected chi connectivity index (χ4v) is 3.40. The Balaban J connectivity index is 1.77. The second kappa shape index (κ2) is 9.62. The number of likely N-dealkylation sites (N-methyl/N-ethyl adjacent to an activating group) is 1. The van der Waals surface area contributed by atoms with Gasteiger partial charge in [-0.2, -0.15) is 5.10 Å². The van der Waals surface area contributed by atoms with Crippen LogP contribution in [0.4, 0.5) is 0 Å². The molecular formula is C23H31N5. The molecule has 0 N–H and O–H groups in total. The molecule has 28 heavy (non-hydrogen) atoms. The first-order chi connectivity index (χ1) is 13.5. The van der Waals surface area contributed by atoms with Crippen molar-refractivity contribution >= 4 is 0 Å². The second-order valence-corrected chi connectivity index (χ2v) is 7.67. The minimum absolute atomic E-state index is 0.813. The Bertz CT molecular complexity index is 855. The first-order valence-electron chi connectivity index (χ1n) is 9.85. The lowest BCUT2D eigenvalue weighted by Crippen LogP contribution is -2.31. The van der Waals surface area contributed by atoms with Crippen LogP contribution < -0.4 is 0 Å². The molecule has 0 fully saturated rings. The van der Waals surface area contributed by atoms with E-state index < -0.39 is 0 Å². The molecule has 148 valence electrons. The number of rotatable bonds is 9. The Morgan fingerprint density at radius 1 is 0.893 bits per heavy atom. The van der Waals surface area contributed by atoms with Crippen LogP contribution in [0.15, 0.2) is 54.9 Å². The van der Waals surface area contributed by atoms with Crippen molar-refractivity contribution in [2.45, 2.75) is 33.5 Å². The van der Waals surface area contributed by atoms with Crippen LogP contribution in [0.3, 0.4) is 0 Å². The molecule has 5 nitrogen and oxygen atoms in total. The molecule has 2 heterocycles. The van der Waals surface area contributed by atoms with E-state index in [1.165, 1.54) is 22.4 Å². The predicted molar refractivity (Wildman–Crippen MR) is 114 cm³/mol. The molecule has 2 aromatic heterocycles. The third-order valence-corrected chi connectivity index (χ3v) is 5.08. The highest BCUT2D eigenvalue weighted by Crippen LogP contribution is 2.18. The highest BCUT2D eigenvalue weighted by molar-refractivity contribution is 5.26. The molecular weight excluding hydrogens is 346 g/mol. The van der Waals surface area contributed by atoms with Gasteiger partial charge in [0, 0.05) is 49.8 Å². The largest absolute Gasteiger partial charge is 0.308 e. The van der Waals surface area contributed by atoms with E-state index in [1.807, 2.05) is 18.5 Å². The summed E-state index contributed by atoms with van der Waals surface area (Å²) < 4.78 is 2.13. The lowest BCUT2D eigenvalue weighted by Gasteiger charge is -2.24. The van der Waals surface area contributed by atoms with Gasteiger partial charge in [-0.05, 0) is 45.1 Å². The molecule has 3 rings (SSSR count). The summed E-state index contributed by atoms with van der Waals surface area (Å²) in [5.41, 5.74) is 6.23. The molecule has 1 aromatic carbocycles. The summed E-state index contributed by atoms with van der Waals surface area (Å²) in [6.45, 7) is 8.94. The monoisotopic (exact) mass is 377 g/mol. The first kappa shape index (κ1) is 20.2. The van der Waals surface area contributed by atoms with Crippen LogP contribution in [-0.2, 0) is 19.6 Å². The topological polar surface area (TPSA) is 37.2 Å². The fraction of sp³-hybridized carbons (Fsp3) is 0.391. The molecule has 0 aliphatic carbocycles. The van der Waals surface area contributed by atoms with Gasteiger partial charge >= 0.3 is 0 Å². The fourth-order valence-electron chi connectivity index (χ4n) is 3.40. The average molecular weight is 378 g/mol. The van der Waals surface area contributed by atoms with Crippen molar-refractivity contribution in [3.8, 4) is 0 Å².